The summed E-state index contributed by atoms with van der Waals surface area (Å²) in [7, 11) is 0. The number of anilines is 1. The first-order valence-corrected chi connectivity index (χ1v) is 7.11. The van der Waals surface area contributed by atoms with Crippen LogP contribution in [0.3, 0.4) is 0 Å². The fourth-order valence-corrected chi connectivity index (χ4v) is 2.58. The van der Waals surface area contributed by atoms with Gasteiger partial charge in [0, 0.05) is 30.3 Å². The van der Waals surface area contributed by atoms with Crippen LogP contribution in [0.4, 0.5) is 5.69 Å². The van der Waals surface area contributed by atoms with Crippen molar-refractivity contribution in [2.24, 2.45) is 5.92 Å². The SMILES string of the molecule is Cl.O=C(NC1CCN(c2ccc(Cl)cc2)C1=O)C1CNC1. The molecule has 2 aliphatic heterocycles. The zero-order valence-electron chi connectivity index (χ0n) is 11.3. The molecule has 0 radical (unpaired) electrons. The molecule has 2 N–H and O–H groups in total. The number of hydrogen-bond acceptors (Lipinski definition) is 3. The van der Waals surface area contributed by atoms with E-state index in [-0.39, 0.29) is 30.1 Å². The zero-order valence-corrected chi connectivity index (χ0v) is 12.9. The molecule has 0 spiro atoms. The first-order valence-electron chi connectivity index (χ1n) is 6.73. The summed E-state index contributed by atoms with van der Waals surface area (Å²) >= 11 is 5.84. The minimum atomic E-state index is -0.404. The Morgan fingerprint density at radius 3 is 2.52 bits per heavy atom. The maximum absolute atomic E-state index is 12.3. The lowest BCUT2D eigenvalue weighted by Gasteiger charge is -2.27. The Balaban J connectivity index is 0.00000161. The summed E-state index contributed by atoms with van der Waals surface area (Å²) in [5, 5.41) is 6.54. The molecule has 114 valence electrons. The number of benzene rings is 1. The molecule has 0 aromatic heterocycles. The Hall–Kier alpha value is -1.30. The number of rotatable bonds is 3. The van der Waals surface area contributed by atoms with Crippen molar-refractivity contribution in [3.05, 3.63) is 29.3 Å². The van der Waals surface area contributed by atoms with Gasteiger partial charge in [0.2, 0.25) is 11.8 Å². The number of carbonyl (C=O) groups excluding carboxylic acids is 2. The van der Waals surface area contributed by atoms with Gasteiger partial charge >= 0.3 is 0 Å². The number of nitrogens with one attached hydrogen (secondary N) is 2. The highest BCUT2D eigenvalue weighted by Crippen LogP contribution is 2.23. The Morgan fingerprint density at radius 2 is 1.95 bits per heavy atom. The van der Waals surface area contributed by atoms with Crippen LogP contribution in [0.15, 0.2) is 24.3 Å². The van der Waals surface area contributed by atoms with E-state index >= 15 is 0 Å². The van der Waals surface area contributed by atoms with Crippen molar-refractivity contribution >= 4 is 41.5 Å². The molecule has 1 unspecified atom stereocenters. The van der Waals surface area contributed by atoms with Crippen LogP contribution in [0.2, 0.25) is 5.02 Å². The fraction of sp³-hybridized carbons (Fsp3) is 0.429. The number of amides is 2. The van der Waals surface area contributed by atoms with E-state index in [9.17, 15) is 9.59 Å². The van der Waals surface area contributed by atoms with Crippen molar-refractivity contribution in [3.8, 4) is 0 Å². The minimum Gasteiger partial charge on any atom is -0.344 e. The van der Waals surface area contributed by atoms with E-state index in [1.807, 2.05) is 12.1 Å². The second kappa shape index (κ2) is 6.64. The quantitative estimate of drug-likeness (QED) is 0.876. The van der Waals surface area contributed by atoms with Crippen LogP contribution in [0.25, 0.3) is 0 Å². The van der Waals surface area contributed by atoms with E-state index in [1.54, 1.807) is 17.0 Å². The number of hydrogen-bond donors (Lipinski definition) is 2. The van der Waals surface area contributed by atoms with Crippen LogP contribution < -0.4 is 15.5 Å². The van der Waals surface area contributed by atoms with Crippen molar-refractivity contribution in [1.82, 2.24) is 10.6 Å². The predicted octanol–water partition coefficient (Wildman–Crippen LogP) is 1.20. The minimum absolute atomic E-state index is 0. The molecule has 1 aromatic carbocycles. The molecular formula is C14H17Cl2N3O2. The average molecular weight is 330 g/mol. The third-order valence-corrected chi connectivity index (χ3v) is 4.06. The first kappa shape index (κ1) is 16.1. The molecule has 5 nitrogen and oxygen atoms in total. The zero-order chi connectivity index (χ0) is 14.1. The summed E-state index contributed by atoms with van der Waals surface area (Å²) < 4.78 is 0. The smallest absolute Gasteiger partial charge is 0.249 e. The molecule has 1 atom stereocenters. The second-order valence-electron chi connectivity index (χ2n) is 5.17. The normalized spacial score (nSPS) is 21.7. The van der Waals surface area contributed by atoms with Gasteiger partial charge in [-0.1, -0.05) is 11.6 Å². The molecule has 2 saturated heterocycles. The monoisotopic (exact) mass is 329 g/mol. The molecule has 21 heavy (non-hydrogen) atoms. The summed E-state index contributed by atoms with van der Waals surface area (Å²) in [6.45, 7) is 2.02. The molecule has 2 amide bonds. The Labute approximate surface area is 134 Å². The molecule has 2 heterocycles. The molecule has 0 bridgehead atoms. The fourth-order valence-electron chi connectivity index (χ4n) is 2.45. The molecule has 7 heteroatoms. The van der Waals surface area contributed by atoms with Gasteiger partial charge in [0.15, 0.2) is 0 Å². The lowest BCUT2D eigenvalue weighted by atomic mass is 10.0. The number of nitrogens with zero attached hydrogens (tertiary/aromatic N) is 1. The van der Waals surface area contributed by atoms with Crippen LogP contribution >= 0.6 is 24.0 Å². The third-order valence-electron chi connectivity index (χ3n) is 3.81. The molecule has 3 rings (SSSR count). The van der Waals surface area contributed by atoms with Crippen molar-refractivity contribution in [2.75, 3.05) is 24.5 Å². The summed E-state index contributed by atoms with van der Waals surface area (Å²) in [5.41, 5.74) is 0.821. The Bertz CT molecular complexity index is 532. The topological polar surface area (TPSA) is 61.4 Å². The van der Waals surface area contributed by atoms with E-state index in [4.69, 9.17) is 11.6 Å². The summed E-state index contributed by atoms with van der Waals surface area (Å²) in [6.07, 6.45) is 0.646. The van der Waals surface area contributed by atoms with E-state index in [1.165, 1.54) is 0 Å². The summed E-state index contributed by atoms with van der Waals surface area (Å²) in [5.74, 6) is -0.0691. The van der Waals surface area contributed by atoms with E-state index in [0.29, 0.717) is 31.1 Å². The van der Waals surface area contributed by atoms with Crippen molar-refractivity contribution in [3.63, 3.8) is 0 Å². The van der Waals surface area contributed by atoms with Crippen LogP contribution in [0.5, 0.6) is 0 Å². The summed E-state index contributed by atoms with van der Waals surface area (Å²) in [4.78, 5) is 25.9. The van der Waals surface area contributed by atoms with Crippen LogP contribution in [-0.4, -0.2) is 37.5 Å². The van der Waals surface area contributed by atoms with Gasteiger partial charge in [-0.3, -0.25) is 9.59 Å². The van der Waals surface area contributed by atoms with Crippen LogP contribution in [-0.2, 0) is 9.59 Å². The largest absolute Gasteiger partial charge is 0.344 e. The molecule has 0 saturated carbocycles. The Kier molecular flexibility index (Phi) is 5.08. The molecule has 2 aliphatic rings. The second-order valence-corrected chi connectivity index (χ2v) is 5.61. The van der Waals surface area contributed by atoms with E-state index in [0.717, 1.165) is 5.69 Å². The lowest BCUT2D eigenvalue weighted by molar-refractivity contribution is -0.130. The van der Waals surface area contributed by atoms with Gasteiger partial charge in [-0.2, -0.15) is 0 Å². The van der Waals surface area contributed by atoms with Crippen LogP contribution in [0.1, 0.15) is 6.42 Å². The van der Waals surface area contributed by atoms with Crippen molar-refractivity contribution in [1.29, 1.82) is 0 Å². The molecule has 2 fully saturated rings. The summed E-state index contributed by atoms with van der Waals surface area (Å²) in [6, 6.07) is 6.76. The maximum atomic E-state index is 12.3. The highest BCUT2D eigenvalue weighted by molar-refractivity contribution is 6.30. The number of carbonyl (C=O) groups is 2. The van der Waals surface area contributed by atoms with Crippen molar-refractivity contribution in [2.45, 2.75) is 12.5 Å². The Morgan fingerprint density at radius 1 is 1.29 bits per heavy atom. The van der Waals surface area contributed by atoms with E-state index < -0.39 is 6.04 Å². The maximum Gasteiger partial charge on any atom is 0.249 e. The predicted molar refractivity (Wildman–Crippen MR) is 84.0 cm³/mol. The van der Waals surface area contributed by atoms with Gasteiger partial charge < -0.3 is 15.5 Å². The highest BCUT2D eigenvalue weighted by Gasteiger charge is 2.35. The average Bonchev–Trinajstić information content (AvgIpc) is 2.70. The van der Waals surface area contributed by atoms with Crippen molar-refractivity contribution < 1.29 is 9.59 Å². The highest BCUT2D eigenvalue weighted by atomic mass is 35.5. The van der Waals surface area contributed by atoms with Gasteiger partial charge in [0.25, 0.3) is 0 Å². The first-order chi connectivity index (χ1) is 9.65. The third kappa shape index (κ3) is 3.31. The van der Waals surface area contributed by atoms with Gasteiger partial charge in [0.05, 0.1) is 5.92 Å². The standard InChI is InChI=1S/C14H16ClN3O2.ClH/c15-10-1-3-11(4-2-10)18-6-5-12(14(18)20)17-13(19)9-7-16-8-9;/h1-4,9,12,16H,5-8H2,(H,17,19);1H. The van der Waals surface area contributed by atoms with Gasteiger partial charge in [-0.25, -0.2) is 0 Å². The molecular weight excluding hydrogens is 313 g/mol. The number of halogens is 2. The van der Waals surface area contributed by atoms with Gasteiger partial charge in [0.1, 0.15) is 6.04 Å². The van der Waals surface area contributed by atoms with Crippen LogP contribution in [0, 0.1) is 5.92 Å². The van der Waals surface area contributed by atoms with Gasteiger partial charge in [-0.15, -0.1) is 12.4 Å². The molecule has 1 aromatic rings. The van der Waals surface area contributed by atoms with E-state index in [2.05, 4.69) is 10.6 Å². The van der Waals surface area contributed by atoms with Gasteiger partial charge in [-0.05, 0) is 30.7 Å². The lowest BCUT2D eigenvalue weighted by Crippen LogP contribution is -2.54. The molecule has 0 aliphatic carbocycles.